The summed E-state index contributed by atoms with van der Waals surface area (Å²) < 4.78 is 22.3. The topological polar surface area (TPSA) is 159 Å². The Labute approximate surface area is 110 Å². The molecular weight excluding hydrogens is 274 g/mol. The van der Waals surface area contributed by atoms with Gasteiger partial charge in [0.1, 0.15) is 5.54 Å². The summed E-state index contributed by atoms with van der Waals surface area (Å²) in [4.78, 5) is -0.154. The zero-order valence-corrected chi connectivity index (χ0v) is 10.9. The molecule has 19 heavy (non-hydrogen) atoms. The Hall–Kier alpha value is -1.39. The zero-order valence-electron chi connectivity index (χ0n) is 10.1. The van der Waals surface area contributed by atoms with Crippen LogP contribution in [0.15, 0.2) is 23.1 Å². The number of nitrogens with two attached hydrogens (primary N) is 2. The van der Waals surface area contributed by atoms with Gasteiger partial charge in [0.15, 0.2) is 0 Å². The van der Waals surface area contributed by atoms with E-state index in [1.54, 1.807) is 0 Å². The summed E-state index contributed by atoms with van der Waals surface area (Å²) in [6.07, 6.45) is 0. The van der Waals surface area contributed by atoms with Crippen LogP contribution in [0, 0.1) is 0 Å². The van der Waals surface area contributed by atoms with Gasteiger partial charge in [-0.2, -0.15) is 0 Å². The lowest BCUT2D eigenvalue weighted by molar-refractivity contribution is 0.0834. The minimum atomic E-state index is -3.86. The minimum absolute atomic E-state index is 0.0613. The van der Waals surface area contributed by atoms with Crippen LogP contribution in [0.4, 0.5) is 11.4 Å². The van der Waals surface area contributed by atoms with Crippen LogP contribution in [0.2, 0.25) is 0 Å². The monoisotopic (exact) mass is 291 g/mol. The molecule has 9 heteroatoms. The molecule has 0 amide bonds. The molecule has 0 saturated carbocycles. The molecule has 1 aromatic carbocycles. The van der Waals surface area contributed by atoms with E-state index in [0.29, 0.717) is 0 Å². The van der Waals surface area contributed by atoms with Crippen molar-refractivity contribution >= 4 is 21.4 Å². The molecule has 1 aromatic rings. The van der Waals surface area contributed by atoms with Crippen molar-refractivity contribution in [3.8, 4) is 0 Å². The van der Waals surface area contributed by atoms with Crippen molar-refractivity contribution < 1.29 is 23.7 Å². The van der Waals surface area contributed by atoms with Gasteiger partial charge in [0.05, 0.1) is 36.1 Å². The molecule has 0 aliphatic carbocycles. The van der Waals surface area contributed by atoms with Crippen LogP contribution in [0.3, 0.4) is 0 Å². The number of hydrogen-bond donors (Lipinski definition) is 6. The van der Waals surface area contributed by atoms with Crippen LogP contribution in [0.5, 0.6) is 0 Å². The van der Waals surface area contributed by atoms with Crippen LogP contribution in [-0.2, 0) is 10.0 Å². The summed E-state index contributed by atoms with van der Waals surface area (Å²) in [7, 11) is -3.86. The van der Waals surface area contributed by atoms with Crippen LogP contribution in [-0.4, -0.2) is 49.1 Å². The molecule has 0 bridgehead atoms. The average Bonchev–Trinajstić information content (AvgIpc) is 2.37. The van der Waals surface area contributed by atoms with E-state index in [1.807, 2.05) is 0 Å². The van der Waals surface area contributed by atoms with Gasteiger partial charge in [-0.15, -0.1) is 0 Å². The van der Waals surface area contributed by atoms with Crippen molar-refractivity contribution in [3.63, 3.8) is 0 Å². The fraction of sp³-hybridized carbons (Fsp3) is 0.400. The van der Waals surface area contributed by atoms with E-state index in [9.17, 15) is 23.7 Å². The van der Waals surface area contributed by atoms with E-state index in [1.165, 1.54) is 12.1 Å². The minimum Gasteiger partial charge on any atom is -0.397 e. The smallest absolute Gasteiger partial charge is 0.238 e. The van der Waals surface area contributed by atoms with Crippen molar-refractivity contribution in [2.24, 2.45) is 5.14 Å². The first-order valence-electron chi connectivity index (χ1n) is 5.31. The quantitative estimate of drug-likeness (QED) is 0.332. The van der Waals surface area contributed by atoms with Crippen LogP contribution in [0.1, 0.15) is 0 Å². The Kier molecular flexibility index (Phi) is 4.71. The lowest BCUT2D eigenvalue weighted by atomic mass is 10.0. The van der Waals surface area contributed by atoms with Crippen LogP contribution in [0.25, 0.3) is 0 Å². The van der Waals surface area contributed by atoms with E-state index in [4.69, 9.17) is 10.9 Å². The van der Waals surface area contributed by atoms with Gasteiger partial charge in [-0.05, 0) is 18.2 Å². The third-order valence-corrected chi connectivity index (χ3v) is 3.57. The number of sulfonamides is 1. The highest BCUT2D eigenvalue weighted by atomic mass is 32.2. The highest BCUT2D eigenvalue weighted by Crippen LogP contribution is 2.25. The normalized spacial score (nSPS) is 12.4. The fourth-order valence-corrected chi connectivity index (χ4v) is 1.93. The number of anilines is 2. The lowest BCUT2D eigenvalue weighted by Crippen LogP contribution is -2.49. The second kappa shape index (κ2) is 5.72. The number of nitrogen functional groups attached to an aromatic ring is 1. The first kappa shape index (κ1) is 15.7. The van der Waals surface area contributed by atoms with Gasteiger partial charge in [0, 0.05) is 0 Å². The van der Waals surface area contributed by atoms with E-state index < -0.39 is 35.4 Å². The van der Waals surface area contributed by atoms with Gasteiger partial charge in [-0.3, -0.25) is 0 Å². The molecule has 1 rings (SSSR count). The van der Waals surface area contributed by atoms with Gasteiger partial charge < -0.3 is 26.4 Å². The molecule has 0 aliphatic rings. The maximum absolute atomic E-state index is 11.1. The second-order valence-corrected chi connectivity index (χ2v) is 5.74. The Balaban J connectivity index is 3.11. The van der Waals surface area contributed by atoms with Gasteiger partial charge >= 0.3 is 0 Å². The first-order chi connectivity index (χ1) is 8.78. The highest BCUT2D eigenvalue weighted by Gasteiger charge is 2.28. The Morgan fingerprint density at radius 1 is 1.16 bits per heavy atom. The van der Waals surface area contributed by atoms with Crippen molar-refractivity contribution in [1.82, 2.24) is 0 Å². The number of aliphatic hydroxyl groups is 3. The summed E-state index contributed by atoms with van der Waals surface area (Å²) in [6.45, 7) is -1.59. The predicted molar refractivity (Wildman–Crippen MR) is 69.8 cm³/mol. The number of benzene rings is 1. The number of hydrogen-bond acceptors (Lipinski definition) is 7. The maximum atomic E-state index is 11.1. The van der Waals surface area contributed by atoms with E-state index in [2.05, 4.69) is 5.32 Å². The molecule has 0 heterocycles. The van der Waals surface area contributed by atoms with Crippen molar-refractivity contribution in [1.29, 1.82) is 0 Å². The van der Waals surface area contributed by atoms with Crippen LogP contribution < -0.4 is 16.2 Å². The molecule has 0 fully saturated rings. The standard InChI is InChI=1S/C10H17N3O5S/c11-8-3-7(19(12,17)18)1-2-9(8)13-10(4-14,5-15)6-16/h1-3,13-16H,4-6,11H2,(H2,12,17,18). The Morgan fingerprint density at radius 2 is 1.68 bits per heavy atom. The SMILES string of the molecule is Nc1cc(S(N)(=O)=O)ccc1NC(CO)(CO)CO. The molecule has 0 saturated heterocycles. The molecule has 0 aromatic heterocycles. The Bertz CT molecular complexity index is 534. The first-order valence-corrected chi connectivity index (χ1v) is 6.86. The molecule has 0 atom stereocenters. The summed E-state index contributed by atoms with van der Waals surface area (Å²) in [5.74, 6) is 0. The predicted octanol–water partition coefficient (Wildman–Crippen LogP) is -1.96. The van der Waals surface area contributed by atoms with Gasteiger partial charge in [0.25, 0.3) is 0 Å². The van der Waals surface area contributed by atoms with Gasteiger partial charge in [0.2, 0.25) is 10.0 Å². The van der Waals surface area contributed by atoms with E-state index >= 15 is 0 Å². The summed E-state index contributed by atoms with van der Waals surface area (Å²) >= 11 is 0. The van der Waals surface area contributed by atoms with E-state index in [0.717, 1.165) is 6.07 Å². The largest absolute Gasteiger partial charge is 0.397 e. The number of nitrogens with one attached hydrogen (secondary N) is 1. The summed E-state index contributed by atoms with van der Waals surface area (Å²) in [5, 5.41) is 35.2. The van der Waals surface area contributed by atoms with Crippen molar-refractivity contribution in [2.75, 3.05) is 30.9 Å². The maximum Gasteiger partial charge on any atom is 0.238 e. The number of rotatable bonds is 6. The number of primary sulfonamides is 1. The number of aliphatic hydroxyl groups excluding tert-OH is 3. The van der Waals surface area contributed by atoms with Gasteiger partial charge in [-0.1, -0.05) is 0 Å². The zero-order chi connectivity index (χ0) is 14.7. The third-order valence-electron chi connectivity index (χ3n) is 2.66. The summed E-state index contributed by atoms with van der Waals surface area (Å²) in [6, 6.07) is 3.71. The molecule has 8 nitrogen and oxygen atoms in total. The third kappa shape index (κ3) is 3.55. The molecule has 0 unspecified atom stereocenters. The second-order valence-electron chi connectivity index (χ2n) is 4.17. The average molecular weight is 291 g/mol. The molecule has 0 aliphatic heterocycles. The molecule has 0 spiro atoms. The molecule has 0 radical (unpaired) electrons. The van der Waals surface area contributed by atoms with Gasteiger partial charge in [-0.25, -0.2) is 13.6 Å². The molecular formula is C10H17N3O5S. The van der Waals surface area contributed by atoms with Crippen molar-refractivity contribution in [3.05, 3.63) is 18.2 Å². The van der Waals surface area contributed by atoms with E-state index in [-0.39, 0.29) is 16.3 Å². The highest BCUT2D eigenvalue weighted by molar-refractivity contribution is 7.89. The molecule has 8 N–H and O–H groups in total. The Morgan fingerprint density at radius 3 is 2.05 bits per heavy atom. The van der Waals surface area contributed by atoms with Crippen LogP contribution >= 0.6 is 0 Å². The lowest BCUT2D eigenvalue weighted by Gasteiger charge is -2.30. The molecule has 108 valence electrons. The summed E-state index contributed by atoms with van der Waals surface area (Å²) in [5.41, 5.74) is 4.64. The fourth-order valence-electron chi connectivity index (χ4n) is 1.39. The van der Waals surface area contributed by atoms with Crippen molar-refractivity contribution in [2.45, 2.75) is 10.4 Å².